The standard InChI is InChI=1S/C12H27O4P.Na.H2O4S.H/c1-2-3-4-5-6-7-8-9-10-11-12-16-17(13,14)15;;1-5(2,3)4;/h2-12H2,1H3,(H2,13,14,15);;(H2,1,2,3,4);. The molecule has 0 saturated carbocycles. The van der Waals surface area contributed by atoms with Gasteiger partial charge >= 0.3 is 47.8 Å². The van der Waals surface area contributed by atoms with E-state index in [2.05, 4.69) is 11.4 Å². The van der Waals surface area contributed by atoms with Crippen LogP contribution in [0.3, 0.4) is 0 Å². The summed E-state index contributed by atoms with van der Waals surface area (Å²) in [6.45, 7) is 2.39. The molecular weight excluding hydrogens is 358 g/mol. The van der Waals surface area contributed by atoms with Gasteiger partial charge in [0.2, 0.25) is 0 Å². The Kier molecular flexibility index (Phi) is 22.3. The first kappa shape index (κ1) is 28.8. The van der Waals surface area contributed by atoms with Crippen LogP contribution in [0.1, 0.15) is 71.1 Å². The van der Waals surface area contributed by atoms with Gasteiger partial charge in [0.25, 0.3) is 0 Å². The Morgan fingerprint density at radius 1 is 0.826 bits per heavy atom. The van der Waals surface area contributed by atoms with E-state index in [1.165, 1.54) is 44.9 Å². The van der Waals surface area contributed by atoms with Gasteiger partial charge in [-0.2, -0.15) is 8.42 Å². The van der Waals surface area contributed by atoms with E-state index in [-0.39, 0.29) is 36.2 Å². The van der Waals surface area contributed by atoms with Gasteiger partial charge in [-0.15, -0.1) is 0 Å². The van der Waals surface area contributed by atoms with E-state index < -0.39 is 18.2 Å². The maximum absolute atomic E-state index is 10.4. The van der Waals surface area contributed by atoms with E-state index in [1.54, 1.807) is 0 Å². The van der Waals surface area contributed by atoms with E-state index >= 15 is 0 Å². The summed E-state index contributed by atoms with van der Waals surface area (Å²) in [5.41, 5.74) is 0. The van der Waals surface area contributed by atoms with E-state index in [4.69, 9.17) is 27.3 Å². The summed E-state index contributed by atoms with van der Waals surface area (Å²) in [7, 11) is -8.91. The summed E-state index contributed by atoms with van der Waals surface area (Å²) in [5.74, 6) is 0. The normalized spacial score (nSPS) is 11.3. The molecule has 0 aliphatic rings. The van der Waals surface area contributed by atoms with Crippen LogP contribution >= 0.6 is 7.82 Å². The third-order valence-corrected chi connectivity index (χ3v) is 3.28. The fourth-order valence-electron chi connectivity index (χ4n) is 1.77. The van der Waals surface area contributed by atoms with Gasteiger partial charge in [-0.3, -0.25) is 13.6 Å². The van der Waals surface area contributed by atoms with Gasteiger partial charge in [-0.05, 0) is 6.42 Å². The second-order valence-corrected chi connectivity index (χ2v) is 7.09. The SMILES string of the molecule is CCCCCCCCCCCCOP(=O)(O)O.O=S(=O)(O)O.[NaH]. The fourth-order valence-corrected chi connectivity index (χ4v) is 2.14. The Morgan fingerprint density at radius 3 is 1.43 bits per heavy atom. The van der Waals surface area contributed by atoms with Crippen molar-refractivity contribution in [3.63, 3.8) is 0 Å². The van der Waals surface area contributed by atoms with Gasteiger partial charge in [0, 0.05) is 0 Å². The molecule has 0 saturated heterocycles. The average Bonchev–Trinajstić information content (AvgIpc) is 2.32. The Labute approximate surface area is 161 Å². The minimum atomic E-state index is -4.67. The zero-order valence-electron chi connectivity index (χ0n) is 13.1. The Bertz CT molecular complexity index is 377. The molecule has 0 aromatic heterocycles. The van der Waals surface area contributed by atoms with Crippen molar-refractivity contribution in [1.29, 1.82) is 0 Å². The maximum atomic E-state index is 10.4. The Hall–Kier alpha value is 0.980. The molecule has 0 spiro atoms. The van der Waals surface area contributed by atoms with Crippen LogP contribution in [0.2, 0.25) is 0 Å². The van der Waals surface area contributed by atoms with Crippen LogP contribution in [0, 0.1) is 0 Å². The molecule has 0 aromatic rings. The van der Waals surface area contributed by atoms with Crippen molar-refractivity contribution in [2.45, 2.75) is 71.1 Å². The third kappa shape index (κ3) is 45.1. The molecule has 0 atom stereocenters. The molecule has 4 N–H and O–H groups in total. The van der Waals surface area contributed by atoms with E-state index in [0.717, 1.165) is 19.3 Å². The van der Waals surface area contributed by atoms with Gasteiger partial charge in [0.1, 0.15) is 0 Å². The first-order valence-corrected chi connectivity index (χ1v) is 10.4. The quantitative estimate of drug-likeness (QED) is 0.173. The number of hydrogen-bond acceptors (Lipinski definition) is 4. The predicted molar refractivity (Wildman–Crippen MR) is 91.2 cm³/mol. The van der Waals surface area contributed by atoms with Crippen LogP contribution in [0.5, 0.6) is 0 Å². The number of rotatable bonds is 12. The average molecular weight is 388 g/mol. The molecule has 0 aromatic carbocycles. The first-order valence-electron chi connectivity index (χ1n) is 7.46. The second-order valence-electron chi connectivity index (χ2n) is 4.95. The summed E-state index contributed by atoms with van der Waals surface area (Å²) in [5, 5.41) is 0. The molecule has 0 unspecified atom stereocenters. The second kappa shape index (κ2) is 17.8. The number of phosphoric acid groups is 1. The van der Waals surface area contributed by atoms with Crippen LogP contribution < -0.4 is 0 Å². The van der Waals surface area contributed by atoms with E-state index in [1.807, 2.05) is 0 Å². The van der Waals surface area contributed by atoms with Crippen LogP contribution in [0.25, 0.3) is 0 Å². The van der Waals surface area contributed by atoms with Crippen LogP contribution in [-0.2, 0) is 19.5 Å². The topological polar surface area (TPSA) is 141 Å². The van der Waals surface area contributed by atoms with E-state index in [0.29, 0.717) is 0 Å². The van der Waals surface area contributed by atoms with Gasteiger partial charge < -0.3 is 9.79 Å². The number of hydrogen-bond donors (Lipinski definition) is 4. The van der Waals surface area contributed by atoms with Crippen LogP contribution in [-0.4, -0.2) is 63.5 Å². The van der Waals surface area contributed by atoms with Crippen molar-refractivity contribution < 1.29 is 36.4 Å². The van der Waals surface area contributed by atoms with Crippen LogP contribution in [0.15, 0.2) is 0 Å². The van der Waals surface area contributed by atoms with Crippen molar-refractivity contribution in [1.82, 2.24) is 0 Å². The first-order chi connectivity index (χ1) is 10.1. The van der Waals surface area contributed by atoms with Crippen molar-refractivity contribution in [3.8, 4) is 0 Å². The molecule has 0 fully saturated rings. The van der Waals surface area contributed by atoms with Gasteiger partial charge in [0.15, 0.2) is 0 Å². The Balaban J connectivity index is -0.000000578. The van der Waals surface area contributed by atoms with Crippen molar-refractivity contribution in [3.05, 3.63) is 0 Å². The molecule has 0 aliphatic carbocycles. The molecule has 0 bridgehead atoms. The predicted octanol–water partition coefficient (Wildman–Crippen LogP) is 2.72. The molecule has 0 radical (unpaired) electrons. The molecule has 8 nitrogen and oxygen atoms in total. The van der Waals surface area contributed by atoms with E-state index in [9.17, 15) is 4.57 Å². The number of unbranched alkanes of at least 4 members (excludes halogenated alkanes) is 9. The van der Waals surface area contributed by atoms with Crippen LogP contribution in [0.4, 0.5) is 0 Å². The molecule has 11 heteroatoms. The molecular formula is C12H30NaO8PS. The molecule has 0 heterocycles. The summed E-state index contributed by atoms with van der Waals surface area (Å²) in [4.78, 5) is 16.9. The fraction of sp³-hybridized carbons (Fsp3) is 1.00. The monoisotopic (exact) mass is 388 g/mol. The van der Waals surface area contributed by atoms with Crippen molar-refractivity contribution in [2.75, 3.05) is 6.61 Å². The summed E-state index contributed by atoms with van der Waals surface area (Å²) >= 11 is 0. The zero-order valence-corrected chi connectivity index (χ0v) is 14.8. The van der Waals surface area contributed by atoms with Gasteiger partial charge in [0.05, 0.1) is 6.61 Å². The third-order valence-electron chi connectivity index (χ3n) is 2.76. The summed E-state index contributed by atoms with van der Waals surface area (Å²) in [6.07, 6.45) is 12.0. The molecule has 0 amide bonds. The minimum absolute atomic E-state index is 0. The van der Waals surface area contributed by atoms with Crippen molar-refractivity contribution >= 4 is 47.8 Å². The zero-order chi connectivity index (χ0) is 17.5. The molecule has 138 valence electrons. The molecule has 0 aliphatic heterocycles. The summed E-state index contributed by atoms with van der Waals surface area (Å²) in [6, 6.07) is 0. The Morgan fingerprint density at radius 2 is 1.13 bits per heavy atom. The molecule has 0 rings (SSSR count). The van der Waals surface area contributed by atoms with Crippen molar-refractivity contribution in [2.24, 2.45) is 0 Å². The van der Waals surface area contributed by atoms with Gasteiger partial charge in [-0.25, -0.2) is 4.57 Å². The summed E-state index contributed by atoms with van der Waals surface area (Å²) < 4.78 is 46.3. The number of phosphoric ester groups is 1. The molecule has 23 heavy (non-hydrogen) atoms. The van der Waals surface area contributed by atoms with Gasteiger partial charge in [-0.1, -0.05) is 64.7 Å².